The summed E-state index contributed by atoms with van der Waals surface area (Å²) in [7, 11) is -4.16. The lowest BCUT2D eigenvalue weighted by Crippen LogP contribution is -2.40. The van der Waals surface area contributed by atoms with Crippen LogP contribution in [0.1, 0.15) is 19.8 Å². The number of benzene rings is 1. The van der Waals surface area contributed by atoms with E-state index in [9.17, 15) is 18.5 Å². The van der Waals surface area contributed by atoms with Crippen molar-refractivity contribution in [3.05, 3.63) is 28.3 Å². The van der Waals surface area contributed by atoms with Gasteiger partial charge in [-0.05, 0) is 31.9 Å². The van der Waals surface area contributed by atoms with Crippen molar-refractivity contribution in [2.45, 2.75) is 30.8 Å². The smallest absolute Gasteiger partial charge is 0.312 e. The van der Waals surface area contributed by atoms with E-state index in [1.165, 1.54) is 6.07 Å². The van der Waals surface area contributed by atoms with Crippen LogP contribution in [-0.2, 0) is 14.8 Å². The first-order chi connectivity index (χ1) is 10.3. The molecule has 8 nitrogen and oxygen atoms in total. The molecule has 2 N–H and O–H groups in total. The zero-order valence-corrected chi connectivity index (χ0v) is 13.1. The molecule has 1 fully saturated rings. The van der Waals surface area contributed by atoms with E-state index >= 15 is 0 Å². The number of para-hydroxylation sites is 1. The minimum atomic E-state index is -4.16. The van der Waals surface area contributed by atoms with Crippen LogP contribution < -0.4 is 10.0 Å². The van der Waals surface area contributed by atoms with Gasteiger partial charge in [0.1, 0.15) is 5.69 Å². The van der Waals surface area contributed by atoms with Crippen molar-refractivity contribution in [2.75, 3.05) is 24.6 Å². The van der Waals surface area contributed by atoms with Crippen molar-refractivity contribution in [3.8, 4) is 0 Å². The Morgan fingerprint density at radius 3 is 2.82 bits per heavy atom. The van der Waals surface area contributed by atoms with E-state index in [0.29, 0.717) is 19.7 Å². The summed E-state index contributed by atoms with van der Waals surface area (Å²) in [6, 6.07) is 4.16. The third-order valence-electron chi connectivity index (χ3n) is 3.59. The second kappa shape index (κ2) is 6.59. The Morgan fingerprint density at radius 2 is 2.23 bits per heavy atom. The topological polar surface area (TPSA) is 116 Å². The first kappa shape index (κ1) is 16.7. The molecular weight excluding hydrogens is 310 g/mol. The van der Waals surface area contributed by atoms with E-state index in [1.807, 2.05) is 6.92 Å². The summed E-state index contributed by atoms with van der Waals surface area (Å²) in [6.45, 7) is 3.56. The van der Waals surface area contributed by atoms with E-state index in [0.717, 1.165) is 18.9 Å². The lowest BCUT2D eigenvalue weighted by atomic mass is 10.1. The van der Waals surface area contributed by atoms with Crippen LogP contribution in [0.3, 0.4) is 0 Å². The van der Waals surface area contributed by atoms with Gasteiger partial charge in [-0.3, -0.25) is 10.1 Å². The van der Waals surface area contributed by atoms with Gasteiger partial charge in [-0.15, -0.1) is 0 Å². The molecule has 1 aromatic carbocycles. The van der Waals surface area contributed by atoms with E-state index in [2.05, 4.69) is 0 Å². The number of primary sulfonamides is 1. The molecule has 1 heterocycles. The number of nitrogens with zero attached hydrogens (tertiary/aromatic N) is 2. The molecule has 0 aliphatic carbocycles. The molecule has 1 atom stereocenters. The summed E-state index contributed by atoms with van der Waals surface area (Å²) < 4.78 is 28.8. The predicted molar refractivity (Wildman–Crippen MR) is 81.3 cm³/mol. The summed E-state index contributed by atoms with van der Waals surface area (Å²) >= 11 is 0. The molecule has 0 spiro atoms. The van der Waals surface area contributed by atoms with Crippen molar-refractivity contribution >= 4 is 21.4 Å². The highest BCUT2D eigenvalue weighted by Crippen LogP contribution is 2.35. The van der Waals surface area contributed by atoms with Crippen molar-refractivity contribution in [1.82, 2.24) is 0 Å². The predicted octanol–water partition coefficient (Wildman–Crippen LogP) is 1.25. The van der Waals surface area contributed by atoms with Crippen LogP contribution in [0, 0.1) is 10.1 Å². The van der Waals surface area contributed by atoms with Crippen LogP contribution in [0.2, 0.25) is 0 Å². The van der Waals surface area contributed by atoms with Gasteiger partial charge in [-0.1, -0.05) is 6.07 Å². The van der Waals surface area contributed by atoms with Gasteiger partial charge in [0.05, 0.1) is 11.0 Å². The molecule has 122 valence electrons. The van der Waals surface area contributed by atoms with Crippen molar-refractivity contribution in [2.24, 2.45) is 5.14 Å². The van der Waals surface area contributed by atoms with Gasteiger partial charge in [0.2, 0.25) is 10.0 Å². The van der Waals surface area contributed by atoms with E-state index in [-0.39, 0.29) is 11.8 Å². The summed E-state index contributed by atoms with van der Waals surface area (Å²) in [5, 5.41) is 16.5. The highest BCUT2D eigenvalue weighted by Gasteiger charge is 2.31. The molecule has 9 heteroatoms. The maximum absolute atomic E-state index is 11.6. The monoisotopic (exact) mass is 329 g/mol. The van der Waals surface area contributed by atoms with Gasteiger partial charge in [0.15, 0.2) is 4.90 Å². The number of nitro benzene ring substituents is 1. The largest absolute Gasteiger partial charge is 0.377 e. The first-order valence-electron chi connectivity index (χ1n) is 7.01. The number of rotatable bonds is 5. The molecule has 22 heavy (non-hydrogen) atoms. The maximum atomic E-state index is 11.6. The molecule has 1 saturated heterocycles. The molecule has 1 unspecified atom stereocenters. The van der Waals surface area contributed by atoms with Crippen LogP contribution in [0.15, 0.2) is 23.1 Å². The molecule has 0 aromatic heterocycles. The van der Waals surface area contributed by atoms with Gasteiger partial charge in [0, 0.05) is 19.7 Å². The van der Waals surface area contributed by atoms with Gasteiger partial charge in [0.25, 0.3) is 0 Å². The van der Waals surface area contributed by atoms with Gasteiger partial charge in [-0.2, -0.15) is 0 Å². The zero-order valence-electron chi connectivity index (χ0n) is 12.3. The standard InChI is InChI=1S/C13H19N3O5S/c1-2-21-10-5-4-8-15(9-10)11-6-3-7-12(22(14,19)20)13(11)16(17)18/h3,6-7,10H,2,4-5,8-9H2,1H3,(H2,14,19,20). The summed E-state index contributed by atoms with van der Waals surface area (Å²) in [5.74, 6) is 0. The Bertz CT molecular complexity index is 660. The van der Waals surface area contributed by atoms with E-state index < -0.39 is 25.5 Å². The number of anilines is 1. The molecule has 0 bridgehead atoms. The van der Waals surface area contributed by atoms with Gasteiger partial charge < -0.3 is 9.64 Å². The van der Waals surface area contributed by atoms with Crippen LogP contribution >= 0.6 is 0 Å². The third kappa shape index (κ3) is 3.54. The van der Waals surface area contributed by atoms with E-state index in [1.54, 1.807) is 11.0 Å². The number of piperidine rings is 1. The Morgan fingerprint density at radius 1 is 1.50 bits per heavy atom. The fraction of sp³-hybridized carbons (Fsp3) is 0.538. The lowest BCUT2D eigenvalue weighted by molar-refractivity contribution is -0.387. The zero-order chi connectivity index (χ0) is 16.3. The molecule has 0 amide bonds. The van der Waals surface area contributed by atoms with E-state index in [4.69, 9.17) is 9.88 Å². The number of hydrogen-bond acceptors (Lipinski definition) is 6. The Hall–Kier alpha value is -1.71. The number of hydrogen-bond donors (Lipinski definition) is 1. The fourth-order valence-electron chi connectivity index (χ4n) is 2.71. The normalized spacial score (nSPS) is 19.2. The average molecular weight is 329 g/mol. The molecule has 2 rings (SSSR count). The van der Waals surface area contributed by atoms with Crippen LogP contribution in [-0.4, -0.2) is 39.1 Å². The Balaban J connectivity index is 2.44. The minimum absolute atomic E-state index is 0.0171. The Kier molecular flexibility index (Phi) is 4.99. The van der Waals surface area contributed by atoms with Crippen molar-refractivity contribution in [1.29, 1.82) is 0 Å². The molecule has 1 aliphatic rings. The van der Waals surface area contributed by atoms with Crippen molar-refractivity contribution < 1.29 is 18.1 Å². The Labute approximate surface area is 129 Å². The third-order valence-corrected chi connectivity index (χ3v) is 4.53. The minimum Gasteiger partial charge on any atom is -0.377 e. The lowest BCUT2D eigenvalue weighted by Gasteiger charge is -2.33. The fourth-order valence-corrected chi connectivity index (χ4v) is 3.42. The molecule has 1 aliphatic heterocycles. The number of sulfonamides is 1. The summed E-state index contributed by atoms with van der Waals surface area (Å²) in [6.07, 6.45) is 1.69. The van der Waals surface area contributed by atoms with Gasteiger partial charge >= 0.3 is 5.69 Å². The second-order valence-electron chi connectivity index (χ2n) is 5.09. The van der Waals surface area contributed by atoms with Crippen LogP contribution in [0.5, 0.6) is 0 Å². The molecule has 0 radical (unpaired) electrons. The average Bonchev–Trinajstić information content (AvgIpc) is 2.46. The summed E-state index contributed by atoms with van der Waals surface area (Å²) in [5.41, 5.74) is -0.205. The second-order valence-corrected chi connectivity index (χ2v) is 6.62. The van der Waals surface area contributed by atoms with Crippen LogP contribution in [0.4, 0.5) is 11.4 Å². The maximum Gasteiger partial charge on any atom is 0.312 e. The van der Waals surface area contributed by atoms with Crippen LogP contribution in [0.25, 0.3) is 0 Å². The van der Waals surface area contributed by atoms with Gasteiger partial charge in [-0.25, -0.2) is 13.6 Å². The molecule has 0 saturated carbocycles. The highest BCUT2D eigenvalue weighted by atomic mass is 32.2. The number of ether oxygens (including phenoxy) is 1. The molecular formula is C13H19N3O5S. The highest BCUT2D eigenvalue weighted by molar-refractivity contribution is 7.89. The summed E-state index contributed by atoms with van der Waals surface area (Å²) in [4.78, 5) is 12.0. The quantitative estimate of drug-likeness (QED) is 0.642. The number of nitro groups is 1. The number of nitrogens with two attached hydrogens (primary N) is 1. The van der Waals surface area contributed by atoms with Crippen molar-refractivity contribution in [3.63, 3.8) is 0 Å². The first-order valence-corrected chi connectivity index (χ1v) is 8.56. The molecule has 1 aromatic rings. The SMILES string of the molecule is CCOC1CCCN(c2cccc(S(N)(=O)=O)c2[N+](=O)[O-])C1.